The molecule has 1 aromatic carbocycles. The molecule has 1 atom stereocenters. The number of hydrogen-bond donors (Lipinski definition) is 1. The average molecular weight is 272 g/mol. The minimum atomic E-state index is -4.51. The first-order valence-corrected chi connectivity index (χ1v) is 5.58. The SMILES string of the molecule is NC(=O)C1CCN1C(=O)c1cccc(C(F)(F)F)c1. The lowest BCUT2D eigenvalue weighted by Gasteiger charge is -2.38. The lowest BCUT2D eigenvalue weighted by atomic mass is 10.00. The number of benzene rings is 1. The van der Waals surface area contributed by atoms with Crippen LogP contribution in [0.3, 0.4) is 0 Å². The van der Waals surface area contributed by atoms with Gasteiger partial charge in [0.1, 0.15) is 6.04 Å². The first-order valence-electron chi connectivity index (χ1n) is 5.58. The van der Waals surface area contributed by atoms with E-state index in [0.717, 1.165) is 18.2 Å². The van der Waals surface area contributed by atoms with Gasteiger partial charge in [-0.3, -0.25) is 9.59 Å². The summed E-state index contributed by atoms with van der Waals surface area (Å²) in [6.07, 6.45) is -4.06. The number of carbonyl (C=O) groups is 2. The van der Waals surface area contributed by atoms with Gasteiger partial charge in [0.25, 0.3) is 5.91 Å². The van der Waals surface area contributed by atoms with E-state index < -0.39 is 29.6 Å². The number of alkyl halides is 3. The topological polar surface area (TPSA) is 63.4 Å². The summed E-state index contributed by atoms with van der Waals surface area (Å²) in [5.41, 5.74) is 4.10. The van der Waals surface area contributed by atoms with Crippen molar-refractivity contribution in [3.63, 3.8) is 0 Å². The third-order valence-electron chi connectivity index (χ3n) is 3.05. The van der Waals surface area contributed by atoms with E-state index in [2.05, 4.69) is 0 Å². The van der Waals surface area contributed by atoms with Gasteiger partial charge in [-0.25, -0.2) is 0 Å². The molecule has 7 heteroatoms. The van der Waals surface area contributed by atoms with Crippen LogP contribution in [0.4, 0.5) is 13.2 Å². The average Bonchev–Trinajstić information content (AvgIpc) is 2.25. The van der Waals surface area contributed by atoms with Crippen LogP contribution in [0.1, 0.15) is 22.3 Å². The van der Waals surface area contributed by atoms with E-state index in [1.807, 2.05) is 0 Å². The predicted octanol–water partition coefficient (Wildman–Crippen LogP) is 1.41. The van der Waals surface area contributed by atoms with E-state index in [4.69, 9.17) is 5.73 Å². The number of nitrogens with two attached hydrogens (primary N) is 1. The molecule has 2 N–H and O–H groups in total. The maximum absolute atomic E-state index is 12.5. The number of likely N-dealkylation sites (tertiary alicyclic amines) is 1. The molecule has 1 saturated heterocycles. The molecule has 0 aromatic heterocycles. The summed E-state index contributed by atoms with van der Waals surface area (Å²) >= 11 is 0. The molecule has 4 nitrogen and oxygen atoms in total. The molecule has 2 amide bonds. The van der Waals surface area contributed by atoms with Crippen LogP contribution in [0.5, 0.6) is 0 Å². The van der Waals surface area contributed by atoms with Crippen LogP contribution in [0.25, 0.3) is 0 Å². The Morgan fingerprint density at radius 2 is 2.00 bits per heavy atom. The molecule has 1 fully saturated rings. The van der Waals surface area contributed by atoms with E-state index in [-0.39, 0.29) is 5.56 Å². The smallest absolute Gasteiger partial charge is 0.368 e. The van der Waals surface area contributed by atoms with Gasteiger partial charge >= 0.3 is 6.18 Å². The van der Waals surface area contributed by atoms with Crippen molar-refractivity contribution in [2.24, 2.45) is 5.73 Å². The van der Waals surface area contributed by atoms with Crippen LogP contribution in [-0.2, 0) is 11.0 Å². The summed E-state index contributed by atoms with van der Waals surface area (Å²) in [4.78, 5) is 24.2. The van der Waals surface area contributed by atoms with Gasteiger partial charge in [0.2, 0.25) is 5.91 Å². The van der Waals surface area contributed by atoms with Crippen molar-refractivity contribution < 1.29 is 22.8 Å². The molecule has 0 spiro atoms. The van der Waals surface area contributed by atoms with Crippen molar-refractivity contribution in [2.75, 3.05) is 6.54 Å². The van der Waals surface area contributed by atoms with E-state index in [0.29, 0.717) is 13.0 Å². The van der Waals surface area contributed by atoms with E-state index in [9.17, 15) is 22.8 Å². The van der Waals surface area contributed by atoms with Crippen LogP contribution >= 0.6 is 0 Å². The molecule has 19 heavy (non-hydrogen) atoms. The van der Waals surface area contributed by atoms with Gasteiger partial charge in [0.15, 0.2) is 0 Å². The number of hydrogen-bond acceptors (Lipinski definition) is 2. The standard InChI is InChI=1S/C12H11F3N2O2/c13-12(14,15)8-3-1-2-7(6-8)11(19)17-5-4-9(17)10(16)18/h1-3,6,9H,4-5H2,(H2,16,18). The second-order valence-corrected chi connectivity index (χ2v) is 4.28. The van der Waals surface area contributed by atoms with Gasteiger partial charge in [-0.2, -0.15) is 13.2 Å². The number of halogens is 3. The quantitative estimate of drug-likeness (QED) is 0.884. The number of amides is 2. The van der Waals surface area contributed by atoms with Gasteiger partial charge < -0.3 is 10.6 Å². The fraction of sp³-hybridized carbons (Fsp3) is 0.333. The number of carbonyl (C=O) groups excluding carboxylic acids is 2. The monoisotopic (exact) mass is 272 g/mol. The van der Waals surface area contributed by atoms with Gasteiger partial charge in [0.05, 0.1) is 5.56 Å². The molecule has 0 aliphatic carbocycles. The number of primary amides is 1. The zero-order chi connectivity index (χ0) is 14.2. The zero-order valence-corrected chi connectivity index (χ0v) is 9.78. The van der Waals surface area contributed by atoms with Crippen LogP contribution in [0.15, 0.2) is 24.3 Å². The molecule has 1 aromatic rings. The third kappa shape index (κ3) is 2.54. The number of nitrogens with zero attached hydrogens (tertiary/aromatic N) is 1. The molecule has 0 bridgehead atoms. The van der Waals surface area contributed by atoms with E-state index in [1.165, 1.54) is 11.0 Å². The highest BCUT2D eigenvalue weighted by Gasteiger charge is 2.37. The zero-order valence-electron chi connectivity index (χ0n) is 9.78. The van der Waals surface area contributed by atoms with Crippen molar-refractivity contribution in [3.05, 3.63) is 35.4 Å². The highest BCUT2D eigenvalue weighted by molar-refractivity contribution is 5.98. The third-order valence-corrected chi connectivity index (χ3v) is 3.05. The Morgan fingerprint density at radius 3 is 2.47 bits per heavy atom. The molecule has 102 valence electrons. The summed E-state index contributed by atoms with van der Waals surface area (Å²) in [5, 5.41) is 0. The second-order valence-electron chi connectivity index (χ2n) is 4.28. The van der Waals surface area contributed by atoms with Gasteiger partial charge in [-0.05, 0) is 24.6 Å². The summed E-state index contributed by atoms with van der Waals surface area (Å²) < 4.78 is 37.6. The van der Waals surface area contributed by atoms with Crippen LogP contribution < -0.4 is 5.73 Å². The molecule has 2 rings (SSSR count). The van der Waals surface area contributed by atoms with Gasteiger partial charge in [-0.15, -0.1) is 0 Å². The molecular weight excluding hydrogens is 261 g/mol. The number of rotatable bonds is 2. The Morgan fingerprint density at radius 1 is 1.32 bits per heavy atom. The molecule has 1 aliphatic heterocycles. The van der Waals surface area contributed by atoms with Crippen LogP contribution in [-0.4, -0.2) is 29.3 Å². The first kappa shape index (κ1) is 13.4. The maximum atomic E-state index is 12.5. The van der Waals surface area contributed by atoms with E-state index >= 15 is 0 Å². The minimum absolute atomic E-state index is 0.0965. The summed E-state index contributed by atoms with van der Waals surface area (Å²) in [6, 6.07) is 3.39. The molecule has 0 radical (unpaired) electrons. The van der Waals surface area contributed by atoms with Crippen molar-refractivity contribution >= 4 is 11.8 Å². The Hall–Kier alpha value is -2.05. The highest BCUT2D eigenvalue weighted by atomic mass is 19.4. The molecular formula is C12H11F3N2O2. The fourth-order valence-corrected chi connectivity index (χ4v) is 1.92. The Kier molecular flexibility index (Phi) is 3.21. The van der Waals surface area contributed by atoms with Crippen molar-refractivity contribution in [1.29, 1.82) is 0 Å². The molecule has 1 heterocycles. The van der Waals surface area contributed by atoms with Crippen LogP contribution in [0, 0.1) is 0 Å². The lowest BCUT2D eigenvalue weighted by Crippen LogP contribution is -2.57. The van der Waals surface area contributed by atoms with Crippen molar-refractivity contribution in [2.45, 2.75) is 18.6 Å². The summed E-state index contributed by atoms with van der Waals surface area (Å²) in [7, 11) is 0. The van der Waals surface area contributed by atoms with Crippen LogP contribution in [0.2, 0.25) is 0 Å². The van der Waals surface area contributed by atoms with Gasteiger partial charge in [0, 0.05) is 12.1 Å². The lowest BCUT2D eigenvalue weighted by molar-refractivity contribution is -0.137. The van der Waals surface area contributed by atoms with E-state index in [1.54, 1.807) is 0 Å². The van der Waals surface area contributed by atoms with Gasteiger partial charge in [-0.1, -0.05) is 6.07 Å². The summed E-state index contributed by atoms with van der Waals surface area (Å²) in [6.45, 7) is 0.322. The molecule has 1 unspecified atom stereocenters. The highest BCUT2D eigenvalue weighted by Crippen LogP contribution is 2.30. The normalized spacial score (nSPS) is 18.9. The Balaban J connectivity index is 2.23. The predicted molar refractivity (Wildman–Crippen MR) is 60.1 cm³/mol. The molecule has 1 aliphatic rings. The summed E-state index contributed by atoms with van der Waals surface area (Å²) in [5.74, 6) is -1.26. The first-order chi connectivity index (χ1) is 8.80. The maximum Gasteiger partial charge on any atom is 0.416 e. The van der Waals surface area contributed by atoms with Crippen molar-refractivity contribution in [3.8, 4) is 0 Å². The Bertz CT molecular complexity index is 528. The fourth-order valence-electron chi connectivity index (χ4n) is 1.92. The van der Waals surface area contributed by atoms with Crippen molar-refractivity contribution in [1.82, 2.24) is 4.90 Å². The second kappa shape index (κ2) is 4.56. The Labute approximate surface area is 107 Å². The largest absolute Gasteiger partial charge is 0.416 e. The molecule has 0 saturated carbocycles. The minimum Gasteiger partial charge on any atom is -0.368 e.